The van der Waals surface area contributed by atoms with Crippen LogP contribution < -0.4 is 4.74 Å². The molecule has 0 aliphatic heterocycles. The summed E-state index contributed by atoms with van der Waals surface area (Å²) in [5, 5.41) is 2.13. The number of carbonyl (C=O) groups is 1. The van der Waals surface area contributed by atoms with Crippen molar-refractivity contribution in [1.82, 2.24) is 4.90 Å². The average molecular weight is 267 g/mol. The van der Waals surface area contributed by atoms with E-state index in [1.54, 1.807) is 19.1 Å². The van der Waals surface area contributed by atoms with Crippen LogP contribution in [0.4, 0.5) is 0 Å². The molecule has 0 N–H and O–H groups in total. The maximum Gasteiger partial charge on any atom is 0.227 e. The van der Waals surface area contributed by atoms with Crippen LogP contribution in [0.5, 0.6) is 5.75 Å². The number of benzene rings is 2. The lowest BCUT2D eigenvalue weighted by molar-refractivity contribution is -0.128. The maximum absolute atomic E-state index is 12.1. The van der Waals surface area contributed by atoms with E-state index in [2.05, 4.69) is 5.92 Å². The monoisotopic (exact) mass is 267 g/mol. The van der Waals surface area contributed by atoms with E-state index < -0.39 is 0 Å². The zero-order valence-electron chi connectivity index (χ0n) is 11.7. The summed E-state index contributed by atoms with van der Waals surface area (Å²) in [6.07, 6.45) is 5.56. The maximum atomic E-state index is 12.1. The Morgan fingerprint density at radius 3 is 2.85 bits per heavy atom. The fourth-order valence-corrected chi connectivity index (χ4v) is 2.12. The highest BCUT2D eigenvalue weighted by atomic mass is 16.5. The molecular formula is C17H17NO2. The van der Waals surface area contributed by atoms with Crippen molar-refractivity contribution in [2.45, 2.75) is 6.42 Å². The molecule has 2 aromatic carbocycles. The molecular weight excluding hydrogens is 250 g/mol. The molecule has 0 spiro atoms. The zero-order valence-corrected chi connectivity index (χ0v) is 11.7. The summed E-state index contributed by atoms with van der Waals surface area (Å²) in [7, 11) is 3.35. The fraction of sp³-hybridized carbons (Fsp3) is 0.235. The first-order chi connectivity index (χ1) is 9.65. The van der Waals surface area contributed by atoms with Crippen LogP contribution in [0.2, 0.25) is 0 Å². The Morgan fingerprint density at radius 1 is 1.35 bits per heavy atom. The van der Waals surface area contributed by atoms with E-state index >= 15 is 0 Å². The minimum atomic E-state index is 0.0123. The summed E-state index contributed by atoms with van der Waals surface area (Å²) < 4.78 is 5.25. The Kier molecular flexibility index (Phi) is 4.27. The minimum absolute atomic E-state index is 0.0123. The van der Waals surface area contributed by atoms with Gasteiger partial charge in [0.15, 0.2) is 0 Å². The number of terminal acetylenes is 1. The highest BCUT2D eigenvalue weighted by Gasteiger charge is 2.11. The Hall–Kier alpha value is -2.47. The normalized spacial score (nSPS) is 10.1. The van der Waals surface area contributed by atoms with Crippen LogP contribution in [-0.4, -0.2) is 31.5 Å². The number of fused-ring (bicyclic) bond motifs is 1. The van der Waals surface area contributed by atoms with E-state index in [1.165, 1.54) is 0 Å². The third-order valence-corrected chi connectivity index (χ3v) is 3.28. The zero-order chi connectivity index (χ0) is 14.5. The van der Waals surface area contributed by atoms with Crippen molar-refractivity contribution in [3.05, 3.63) is 42.0 Å². The van der Waals surface area contributed by atoms with Gasteiger partial charge < -0.3 is 9.64 Å². The van der Waals surface area contributed by atoms with E-state index in [-0.39, 0.29) is 5.91 Å². The molecule has 3 heteroatoms. The molecule has 0 radical (unpaired) electrons. The van der Waals surface area contributed by atoms with Crippen molar-refractivity contribution < 1.29 is 9.53 Å². The Labute approximate surface area is 119 Å². The van der Waals surface area contributed by atoms with Crippen LogP contribution in [0.25, 0.3) is 10.8 Å². The second-order valence-electron chi connectivity index (χ2n) is 4.63. The first kappa shape index (κ1) is 14.0. The van der Waals surface area contributed by atoms with Crippen LogP contribution in [0, 0.1) is 12.3 Å². The van der Waals surface area contributed by atoms with E-state index in [0.717, 1.165) is 22.1 Å². The van der Waals surface area contributed by atoms with Crippen LogP contribution in [0.15, 0.2) is 36.4 Å². The number of rotatable bonds is 4. The molecule has 0 saturated heterocycles. The highest BCUT2D eigenvalue weighted by molar-refractivity contribution is 5.91. The van der Waals surface area contributed by atoms with Gasteiger partial charge in [0.25, 0.3) is 0 Å². The minimum Gasteiger partial charge on any atom is -0.497 e. The number of ether oxygens (including phenoxy) is 1. The molecule has 0 bridgehead atoms. The van der Waals surface area contributed by atoms with Gasteiger partial charge in [-0.3, -0.25) is 4.79 Å². The van der Waals surface area contributed by atoms with E-state index in [0.29, 0.717) is 13.0 Å². The summed E-state index contributed by atoms with van der Waals surface area (Å²) in [5.74, 6) is 3.27. The molecule has 102 valence electrons. The fourth-order valence-electron chi connectivity index (χ4n) is 2.12. The van der Waals surface area contributed by atoms with Crippen molar-refractivity contribution >= 4 is 16.7 Å². The topological polar surface area (TPSA) is 29.5 Å². The highest BCUT2D eigenvalue weighted by Crippen LogP contribution is 2.24. The van der Waals surface area contributed by atoms with Crippen LogP contribution in [-0.2, 0) is 11.2 Å². The number of amides is 1. The first-order valence-electron chi connectivity index (χ1n) is 6.38. The van der Waals surface area contributed by atoms with Gasteiger partial charge in [-0.25, -0.2) is 0 Å². The van der Waals surface area contributed by atoms with Crippen LogP contribution >= 0.6 is 0 Å². The predicted octanol–water partition coefficient (Wildman–Crippen LogP) is 2.48. The molecule has 0 aliphatic carbocycles. The average Bonchev–Trinajstić information content (AvgIpc) is 2.47. The predicted molar refractivity (Wildman–Crippen MR) is 80.7 cm³/mol. The summed E-state index contributed by atoms with van der Waals surface area (Å²) >= 11 is 0. The van der Waals surface area contributed by atoms with Crippen molar-refractivity contribution in [2.24, 2.45) is 0 Å². The van der Waals surface area contributed by atoms with Gasteiger partial charge in [0.1, 0.15) is 5.75 Å². The molecule has 2 rings (SSSR count). The summed E-state index contributed by atoms with van der Waals surface area (Å²) in [6, 6.07) is 11.8. The summed E-state index contributed by atoms with van der Waals surface area (Å²) in [6.45, 7) is 0.326. The number of hydrogen-bond donors (Lipinski definition) is 0. The molecule has 0 heterocycles. The summed E-state index contributed by atoms with van der Waals surface area (Å²) in [5.41, 5.74) is 0.982. The lowest BCUT2D eigenvalue weighted by atomic mass is 10.0. The van der Waals surface area contributed by atoms with Crippen LogP contribution in [0.1, 0.15) is 5.56 Å². The lowest BCUT2D eigenvalue weighted by Gasteiger charge is -2.15. The summed E-state index contributed by atoms with van der Waals surface area (Å²) in [4.78, 5) is 13.7. The second kappa shape index (κ2) is 6.12. The van der Waals surface area contributed by atoms with Crippen molar-refractivity contribution in [3.63, 3.8) is 0 Å². The van der Waals surface area contributed by atoms with Gasteiger partial charge in [0, 0.05) is 7.05 Å². The van der Waals surface area contributed by atoms with E-state index in [1.807, 2.05) is 36.4 Å². The van der Waals surface area contributed by atoms with Gasteiger partial charge in [0.05, 0.1) is 20.1 Å². The number of likely N-dealkylation sites (N-methyl/N-ethyl adjacent to an activating group) is 1. The Bertz CT molecular complexity index is 670. The first-order valence-corrected chi connectivity index (χ1v) is 6.38. The SMILES string of the molecule is C#CCN(C)C(=O)Cc1cccc2ccc(OC)cc12. The molecule has 20 heavy (non-hydrogen) atoms. The quantitative estimate of drug-likeness (QED) is 0.796. The second-order valence-corrected chi connectivity index (χ2v) is 4.63. The van der Waals surface area contributed by atoms with Gasteiger partial charge in [-0.1, -0.05) is 30.2 Å². The molecule has 0 fully saturated rings. The molecule has 0 aromatic heterocycles. The van der Waals surface area contributed by atoms with E-state index in [9.17, 15) is 4.79 Å². The number of carbonyl (C=O) groups excluding carboxylic acids is 1. The smallest absolute Gasteiger partial charge is 0.227 e. The molecule has 2 aromatic rings. The third kappa shape index (κ3) is 2.92. The number of hydrogen-bond acceptors (Lipinski definition) is 2. The Morgan fingerprint density at radius 2 is 2.15 bits per heavy atom. The molecule has 1 amide bonds. The Balaban J connectivity index is 2.34. The van der Waals surface area contributed by atoms with Gasteiger partial charge in [0.2, 0.25) is 5.91 Å². The van der Waals surface area contributed by atoms with E-state index in [4.69, 9.17) is 11.2 Å². The molecule has 0 aliphatic rings. The van der Waals surface area contributed by atoms with Crippen molar-refractivity contribution in [2.75, 3.05) is 20.7 Å². The molecule has 0 unspecified atom stereocenters. The van der Waals surface area contributed by atoms with Gasteiger partial charge in [-0.2, -0.15) is 0 Å². The number of nitrogens with zero attached hydrogens (tertiary/aromatic N) is 1. The molecule has 0 atom stereocenters. The van der Waals surface area contributed by atoms with Gasteiger partial charge in [-0.15, -0.1) is 6.42 Å². The standard InChI is InChI=1S/C17H17NO2/c1-4-10-18(2)17(19)11-14-7-5-6-13-8-9-15(20-3)12-16(13)14/h1,5-9,12H,10-11H2,2-3H3. The number of methoxy groups -OCH3 is 1. The molecule has 0 saturated carbocycles. The largest absolute Gasteiger partial charge is 0.497 e. The van der Waals surface area contributed by atoms with Crippen LogP contribution in [0.3, 0.4) is 0 Å². The van der Waals surface area contributed by atoms with Gasteiger partial charge >= 0.3 is 0 Å². The lowest BCUT2D eigenvalue weighted by Crippen LogP contribution is -2.28. The third-order valence-electron chi connectivity index (χ3n) is 3.28. The molecule has 3 nitrogen and oxygen atoms in total. The van der Waals surface area contributed by atoms with Crippen molar-refractivity contribution in [1.29, 1.82) is 0 Å². The van der Waals surface area contributed by atoms with Gasteiger partial charge in [-0.05, 0) is 28.5 Å². The van der Waals surface area contributed by atoms with Crippen molar-refractivity contribution in [3.8, 4) is 18.1 Å².